The standard InChI is InChI=1S/C16H19N3OS/c1-11-9-19(7-6-17-11)16(20)14-3-4-15(18-12(14)2)13-5-8-21-10-13/h3-5,8,10-11,17H,6-7,9H2,1-2H3/t11-/m0/s1. The summed E-state index contributed by atoms with van der Waals surface area (Å²) >= 11 is 1.65. The van der Waals surface area contributed by atoms with Gasteiger partial charge < -0.3 is 10.2 Å². The van der Waals surface area contributed by atoms with Gasteiger partial charge in [0.15, 0.2) is 0 Å². The average Bonchev–Trinajstić information content (AvgIpc) is 3.00. The van der Waals surface area contributed by atoms with Crippen molar-refractivity contribution in [2.45, 2.75) is 19.9 Å². The van der Waals surface area contributed by atoms with E-state index < -0.39 is 0 Å². The summed E-state index contributed by atoms with van der Waals surface area (Å²) < 4.78 is 0. The molecule has 110 valence electrons. The Labute approximate surface area is 128 Å². The zero-order valence-corrected chi connectivity index (χ0v) is 13.1. The highest BCUT2D eigenvalue weighted by molar-refractivity contribution is 7.08. The second kappa shape index (κ2) is 5.95. The number of piperazine rings is 1. The molecule has 3 heterocycles. The minimum absolute atomic E-state index is 0.0882. The number of hydrogen-bond donors (Lipinski definition) is 1. The topological polar surface area (TPSA) is 45.2 Å². The van der Waals surface area contributed by atoms with Crippen molar-refractivity contribution in [3.63, 3.8) is 0 Å². The fraction of sp³-hybridized carbons (Fsp3) is 0.375. The molecule has 3 rings (SSSR count). The van der Waals surface area contributed by atoms with Crippen LogP contribution in [0.5, 0.6) is 0 Å². The lowest BCUT2D eigenvalue weighted by Crippen LogP contribution is -2.51. The number of thiophene rings is 1. The molecule has 0 saturated carbocycles. The first-order valence-corrected chi connectivity index (χ1v) is 8.12. The highest BCUT2D eigenvalue weighted by atomic mass is 32.1. The molecule has 21 heavy (non-hydrogen) atoms. The number of carbonyl (C=O) groups is 1. The van der Waals surface area contributed by atoms with Crippen LogP contribution >= 0.6 is 11.3 Å². The Bertz CT molecular complexity index is 639. The third-order valence-corrected chi connectivity index (χ3v) is 4.47. The van der Waals surface area contributed by atoms with E-state index in [1.165, 1.54) is 0 Å². The third-order valence-electron chi connectivity index (χ3n) is 3.79. The minimum Gasteiger partial charge on any atom is -0.336 e. The van der Waals surface area contributed by atoms with Crippen LogP contribution in [-0.2, 0) is 0 Å². The lowest BCUT2D eigenvalue weighted by molar-refractivity contribution is 0.0708. The molecule has 0 bridgehead atoms. The molecule has 1 aliphatic rings. The second-order valence-corrected chi connectivity index (χ2v) is 6.23. The molecule has 0 radical (unpaired) electrons. The summed E-state index contributed by atoms with van der Waals surface area (Å²) in [5, 5.41) is 7.46. The molecule has 1 fully saturated rings. The van der Waals surface area contributed by atoms with Crippen molar-refractivity contribution < 1.29 is 4.79 Å². The van der Waals surface area contributed by atoms with Crippen LogP contribution in [0, 0.1) is 6.92 Å². The molecule has 1 amide bonds. The number of aromatic nitrogens is 1. The predicted molar refractivity (Wildman–Crippen MR) is 85.7 cm³/mol. The number of pyridine rings is 1. The van der Waals surface area contributed by atoms with Crippen molar-refractivity contribution in [1.82, 2.24) is 15.2 Å². The zero-order chi connectivity index (χ0) is 14.8. The molecule has 0 spiro atoms. The SMILES string of the molecule is Cc1nc(-c2ccsc2)ccc1C(=O)N1CCN[C@@H](C)C1. The van der Waals surface area contributed by atoms with Crippen molar-refractivity contribution in [3.8, 4) is 11.3 Å². The van der Waals surface area contributed by atoms with Crippen molar-refractivity contribution in [2.24, 2.45) is 0 Å². The number of amides is 1. The van der Waals surface area contributed by atoms with Gasteiger partial charge in [0, 0.05) is 36.6 Å². The van der Waals surface area contributed by atoms with E-state index in [-0.39, 0.29) is 5.91 Å². The van der Waals surface area contributed by atoms with Crippen LogP contribution in [0.15, 0.2) is 29.0 Å². The van der Waals surface area contributed by atoms with Gasteiger partial charge in [-0.25, -0.2) is 0 Å². The van der Waals surface area contributed by atoms with E-state index in [9.17, 15) is 4.79 Å². The van der Waals surface area contributed by atoms with E-state index >= 15 is 0 Å². The number of nitrogens with one attached hydrogen (secondary N) is 1. The summed E-state index contributed by atoms with van der Waals surface area (Å²) in [6, 6.07) is 6.24. The predicted octanol–water partition coefficient (Wildman–Crippen LogP) is 2.55. The summed E-state index contributed by atoms with van der Waals surface area (Å²) in [5.74, 6) is 0.0882. The largest absolute Gasteiger partial charge is 0.336 e. The molecule has 0 aromatic carbocycles. The highest BCUT2D eigenvalue weighted by Gasteiger charge is 2.23. The number of rotatable bonds is 2. The first-order chi connectivity index (χ1) is 10.1. The normalized spacial score (nSPS) is 18.8. The van der Waals surface area contributed by atoms with Crippen LogP contribution in [0.2, 0.25) is 0 Å². The van der Waals surface area contributed by atoms with E-state index in [4.69, 9.17) is 0 Å². The van der Waals surface area contributed by atoms with Crippen molar-refractivity contribution in [2.75, 3.05) is 19.6 Å². The summed E-state index contributed by atoms with van der Waals surface area (Å²) in [5.41, 5.74) is 3.55. The van der Waals surface area contributed by atoms with E-state index in [0.717, 1.165) is 36.6 Å². The molecule has 1 atom stereocenters. The molecule has 1 aliphatic heterocycles. The third kappa shape index (κ3) is 2.99. The Hall–Kier alpha value is -1.72. The number of hydrogen-bond acceptors (Lipinski definition) is 4. The fourth-order valence-corrected chi connectivity index (χ4v) is 3.29. The van der Waals surface area contributed by atoms with Gasteiger partial charge in [0.1, 0.15) is 0 Å². The molecule has 2 aromatic rings. The van der Waals surface area contributed by atoms with Crippen molar-refractivity contribution in [1.29, 1.82) is 0 Å². The van der Waals surface area contributed by atoms with Crippen LogP contribution < -0.4 is 5.32 Å². The first-order valence-electron chi connectivity index (χ1n) is 7.18. The van der Waals surface area contributed by atoms with Crippen LogP contribution in [0.4, 0.5) is 0 Å². The summed E-state index contributed by atoms with van der Waals surface area (Å²) in [7, 11) is 0. The maximum absolute atomic E-state index is 12.6. The molecule has 4 nitrogen and oxygen atoms in total. The monoisotopic (exact) mass is 301 g/mol. The fourth-order valence-electron chi connectivity index (χ4n) is 2.65. The number of aryl methyl sites for hydroxylation is 1. The minimum atomic E-state index is 0.0882. The van der Waals surface area contributed by atoms with Crippen LogP contribution in [0.1, 0.15) is 23.0 Å². The van der Waals surface area contributed by atoms with Crippen LogP contribution in [-0.4, -0.2) is 41.5 Å². The lowest BCUT2D eigenvalue weighted by Gasteiger charge is -2.32. The van der Waals surface area contributed by atoms with Gasteiger partial charge in [0.25, 0.3) is 5.91 Å². The van der Waals surface area contributed by atoms with E-state index in [1.807, 2.05) is 35.4 Å². The molecule has 1 saturated heterocycles. The molecule has 0 unspecified atom stereocenters. The first kappa shape index (κ1) is 14.2. The Balaban J connectivity index is 1.84. The Morgan fingerprint density at radius 3 is 2.95 bits per heavy atom. The average molecular weight is 301 g/mol. The van der Waals surface area contributed by atoms with Crippen LogP contribution in [0.3, 0.4) is 0 Å². The van der Waals surface area contributed by atoms with Gasteiger partial charge in [0.2, 0.25) is 0 Å². The second-order valence-electron chi connectivity index (χ2n) is 5.45. The van der Waals surface area contributed by atoms with E-state index in [1.54, 1.807) is 11.3 Å². The quantitative estimate of drug-likeness (QED) is 0.927. The smallest absolute Gasteiger partial charge is 0.255 e. The molecular formula is C16H19N3OS. The van der Waals surface area contributed by atoms with Gasteiger partial charge in [-0.3, -0.25) is 9.78 Å². The molecule has 1 N–H and O–H groups in total. The van der Waals surface area contributed by atoms with E-state index in [0.29, 0.717) is 11.6 Å². The van der Waals surface area contributed by atoms with Gasteiger partial charge in [-0.05, 0) is 37.4 Å². The van der Waals surface area contributed by atoms with Crippen molar-refractivity contribution in [3.05, 3.63) is 40.2 Å². The molecule has 5 heteroatoms. The van der Waals surface area contributed by atoms with Crippen LogP contribution in [0.25, 0.3) is 11.3 Å². The maximum atomic E-state index is 12.6. The summed E-state index contributed by atoms with van der Waals surface area (Å²) in [6.07, 6.45) is 0. The molecule has 2 aromatic heterocycles. The maximum Gasteiger partial charge on any atom is 0.255 e. The van der Waals surface area contributed by atoms with E-state index in [2.05, 4.69) is 22.6 Å². The van der Waals surface area contributed by atoms with Gasteiger partial charge in [-0.2, -0.15) is 11.3 Å². The summed E-state index contributed by atoms with van der Waals surface area (Å²) in [4.78, 5) is 19.1. The number of carbonyl (C=O) groups excluding carboxylic acids is 1. The van der Waals surface area contributed by atoms with Crippen molar-refractivity contribution >= 4 is 17.2 Å². The summed E-state index contributed by atoms with van der Waals surface area (Å²) in [6.45, 7) is 6.38. The molecular weight excluding hydrogens is 282 g/mol. The Kier molecular flexibility index (Phi) is 4.03. The number of nitrogens with zero attached hydrogens (tertiary/aromatic N) is 2. The van der Waals surface area contributed by atoms with Gasteiger partial charge >= 0.3 is 0 Å². The lowest BCUT2D eigenvalue weighted by atomic mass is 10.1. The Morgan fingerprint density at radius 2 is 2.29 bits per heavy atom. The van der Waals surface area contributed by atoms with Gasteiger partial charge in [-0.1, -0.05) is 0 Å². The Morgan fingerprint density at radius 1 is 1.43 bits per heavy atom. The van der Waals surface area contributed by atoms with Gasteiger partial charge in [-0.15, -0.1) is 0 Å². The zero-order valence-electron chi connectivity index (χ0n) is 12.3. The highest BCUT2D eigenvalue weighted by Crippen LogP contribution is 2.22. The van der Waals surface area contributed by atoms with Gasteiger partial charge in [0.05, 0.1) is 17.0 Å². The molecule has 0 aliphatic carbocycles.